The maximum Gasteiger partial charge on any atom is 0.165 e. The summed E-state index contributed by atoms with van der Waals surface area (Å²) in [5.74, 6) is -0.289. The summed E-state index contributed by atoms with van der Waals surface area (Å²) in [7, 11) is 0. The van der Waals surface area contributed by atoms with Gasteiger partial charge >= 0.3 is 0 Å². The highest BCUT2D eigenvalue weighted by molar-refractivity contribution is 4.83. The molecule has 2 saturated heterocycles. The molecule has 0 amide bonds. The lowest BCUT2D eigenvalue weighted by molar-refractivity contribution is -0.147. The quantitative estimate of drug-likeness (QED) is 0.445. The Balaban J connectivity index is 1.42. The molecule has 0 bridgehead atoms. The highest BCUT2D eigenvalue weighted by Crippen LogP contribution is 2.26. The molecule has 0 saturated carbocycles. The van der Waals surface area contributed by atoms with Crippen molar-refractivity contribution in [3.8, 4) is 0 Å². The van der Waals surface area contributed by atoms with Crippen LogP contribution in [0.3, 0.4) is 0 Å². The van der Waals surface area contributed by atoms with Gasteiger partial charge < -0.3 is 14.8 Å². The molecule has 2 fully saturated rings. The van der Waals surface area contributed by atoms with E-state index in [0.29, 0.717) is 0 Å². The molecule has 0 spiro atoms. The van der Waals surface area contributed by atoms with Gasteiger partial charge in [0.15, 0.2) is 5.79 Å². The Morgan fingerprint density at radius 3 is 1.96 bits per heavy atom. The molecule has 2 atom stereocenters. The van der Waals surface area contributed by atoms with E-state index in [1.165, 1.54) is 83.5 Å². The van der Waals surface area contributed by atoms with Gasteiger partial charge in [-0.1, -0.05) is 58.3 Å². The first-order chi connectivity index (χ1) is 11.7. The average Bonchev–Trinajstić information content (AvgIpc) is 3.20. The number of unbranched alkanes of at least 4 members (excludes halogenated alkanes) is 7. The van der Waals surface area contributed by atoms with E-state index in [9.17, 15) is 0 Å². The van der Waals surface area contributed by atoms with Crippen LogP contribution in [0.2, 0.25) is 0 Å². The van der Waals surface area contributed by atoms with Crippen LogP contribution >= 0.6 is 0 Å². The van der Waals surface area contributed by atoms with E-state index in [0.717, 1.165) is 31.7 Å². The first kappa shape index (κ1) is 20.2. The van der Waals surface area contributed by atoms with Crippen molar-refractivity contribution >= 4 is 0 Å². The van der Waals surface area contributed by atoms with Crippen molar-refractivity contribution in [1.29, 1.82) is 0 Å². The van der Waals surface area contributed by atoms with Crippen LogP contribution in [0.4, 0.5) is 0 Å². The second-order valence-electron chi connectivity index (χ2n) is 8.12. The first-order valence-electron chi connectivity index (χ1n) is 10.8. The first-order valence-corrected chi connectivity index (χ1v) is 10.8. The molecule has 0 aromatic carbocycles. The van der Waals surface area contributed by atoms with E-state index in [-0.39, 0.29) is 5.79 Å². The monoisotopic (exact) mass is 339 g/mol. The Morgan fingerprint density at radius 2 is 1.33 bits per heavy atom. The Hall–Kier alpha value is -0.120. The summed E-state index contributed by atoms with van der Waals surface area (Å²) in [5, 5.41) is 3.88. The van der Waals surface area contributed by atoms with Gasteiger partial charge in [0, 0.05) is 18.5 Å². The summed E-state index contributed by atoms with van der Waals surface area (Å²) in [6.07, 6.45) is 19.0. The fourth-order valence-electron chi connectivity index (χ4n) is 4.24. The van der Waals surface area contributed by atoms with Crippen LogP contribution in [0.1, 0.15) is 104 Å². The minimum atomic E-state index is -0.289. The lowest BCUT2D eigenvalue weighted by atomic mass is 10.0. The van der Waals surface area contributed by atoms with Crippen molar-refractivity contribution in [2.45, 2.75) is 122 Å². The van der Waals surface area contributed by atoms with E-state index in [4.69, 9.17) is 9.47 Å². The lowest BCUT2D eigenvalue weighted by Crippen LogP contribution is -2.29. The van der Waals surface area contributed by atoms with Gasteiger partial charge in [-0.2, -0.15) is 0 Å². The van der Waals surface area contributed by atoms with E-state index < -0.39 is 0 Å². The van der Waals surface area contributed by atoms with Gasteiger partial charge in [-0.3, -0.25) is 0 Å². The predicted molar refractivity (Wildman–Crippen MR) is 101 cm³/mol. The van der Waals surface area contributed by atoms with Gasteiger partial charge in [0.05, 0.1) is 13.2 Å². The highest BCUT2D eigenvalue weighted by Gasteiger charge is 2.30. The molecular weight excluding hydrogens is 298 g/mol. The highest BCUT2D eigenvalue weighted by atomic mass is 16.7. The number of rotatable bonds is 13. The number of ether oxygens (including phenoxy) is 2. The molecule has 142 valence electrons. The zero-order valence-corrected chi connectivity index (χ0v) is 16.3. The third kappa shape index (κ3) is 7.84. The summed E-state index contributed by atoms with van der Waals surface area (Å²) >= 11 is 0. The van der Waals surface area contributed by atoms with Crippen LogP contribution in [-0.2, 0) is 9.47 Å². The molecule has 0 aromatic rings. The van der Waals surface area contributed by atoms with E-state index in [1.807, 2.05) is 0 Å². The second kappa shape index (κ2) is 11.5. The number of hydrogen-bond acceptors (Lipinski definition) is 3. The van der Waals surface area contributed by atoms with Gasteiger partial charge in [-0.15, -0.1) is 0 Å². The van der Waals surface area contributed by atoms with E-state index in [2.05, 4.69) is 19.2 Å². The van der Waals surface area contributed by atoms with Crippen LogP contribution in [-0.4, -0.2) is 31.1 Å². The van der Waals surface area contributed by atoms with E-state index in [1.54, 1.807) is 0 Å². The molecule has 3 nitrogen and oxygen atoms in total. The van der Waals surface area contributed by atoms with Crippen LogP contribution in [0, 0.1) is 0 Å². The van der Waals surface area contributed by atoms with Crippen molar-refractivity contribution in [3.05, 3.63) is 0 Å². The molecule has 2 aliphatic heterocycles. The molecule has 2 rings (SSSR count). The third-order valence-corrected chi connectivity index (χ3v) is 5.82. The Morgan fingerprint density at radius 1 is 0.792 bits per heavy atom. The summed E-state index contributed by atoms with van der Waals surface area (Å²) < 4.78 is 11.4. The van der Waals surface area contributed by atoms with Crippen molar-refractivity contribution in [2.24, 2.45) is 0 Å². The SMILES string of the molecule is CCCCCCCCC[C@@H]1CC[C@H](CCCCC2(C)OCCO2)N1. The topological polar surface area (TPSA) is 30.5 Å². The van der Waals surface area contributed by atoms with Gasteiger partial charge in [-0.25, -0.2) is 0 Å². The summed E-state index contributed by atoms with van der Waals surface area (Å²) in [4.78, 5) is 0. The summed E-state index contributed by atoms with van der Waals surface area (Å²) in [6, 6.07) is 1.56. The predicted octanol–water partition coefficient (Wildman–Crippen LogP) is 5.57. The normalized spacial score (nSPS) is 26.2. The maximum atomic E-state index is 5.68. The Bertz CT molecular complexity index is 315. The molecule has 0 aliphatic carbocycles. The maximum absolute atomic E-state index is 5.68. The standard InChI is InChI=1S/C21H41NO2/c1-3-4-5-6-7-8-9-12-19-14-15-20(22-19)13-10-11-16-21(2)23-17-18-24-21/h19-20,22H,3-18H2,1-2H3/t19-,20+/m1/s1. The van der Waals surface area contributed by atoms with Gasteiger partial charge in [-0.05, 0) is 39.0 Å². The average molecular weight is 340 g/mol. The van der Waals surface area contributed by atoms with Gasteiger partial charge in [0.25, 0.3) is 0 Å². The van der Waals surface area contributed by atoms with Crippen molar-refractivity contribution in [1.82, 2.24) is 5.32 Å². The molecule has 0 aromatic heterocycles. The van der Waals surface area contributed by atoms with Crippen LogP contribution in [0.5, 0.6) is 0 Å². The largest absolute Gasteiger partial charge is 0.348 e. The molecular formula is C21H41NO2. The molecule has 0 unspecified atom stereocenters. The van der Waals surface area contributed by atoms with Gasteiger partial charge in [0.2, 0.25) is 0 Å². The van der Waals surface area contributed by atoms with Crippen molar-refractivity contribution in [3.63, 3.8) is 0 Å². The minimum absolute atomic E-state index is 0.289. The fraction of sp³-hybridized carbons (Fsp3) is 1.00. The number of hydrogen-bond donors (Lipinski definition) is 1. The smallest absolute Gasteiger partial charge is 0.165 e. The zero-order valence-electron chi connectivity index (χ0n) is 16.3. The molecule has 1 N–H and O–H groups in total. The minimum Gasteiger partial charge on any atom is -0.348 e. The fourth-order valence-corrected chi connectivity index (χ4v) is 4.24. The number of nitrogens with one attached hydrogen (secondary N) is 1. The lowest BCUT2D eigenvalue weighted by Gasteiger charge is -2.22. The van der Waals surface area contributed by atoms with Crippen LogP contribution in [0.25, 0.3) is 0 Å². The summed E-state index contributed by atoms with van der Waals surface area (Å²) in [6.45, 7) is 5.91. The van der Waals surface area contributed by atoms with E-state index >= 15 is 0 Å². The van der Waals surface area contributed by atoms with Gasteiger partial charge in [0.1, 0.15) is 0 Å². The third-order valence-electron chi connectivity index (χ3n) is 5.82. The Labute approximate surface area is 150 Å². The Kier molecular flexibility index (Phi) is 9.67. The van der Waals surface area contributed by atoms with Crippen LogP contribution < -0.4 is 5.32 Å². The van der Waals surface area contributed by atoms with Crippen LogP contribution in [0.15, 0.2) is 0 Å². The van der Waals surface area contributed by atoms with Crippen molar-refractivity contribution in [2.75, 3.05) is 13.2 Å². The summed E-state index contributed by atoms with van der Waals surface area (Å²) in [5.41, 5.74) is 0. The molecule has 24 heavy (non-hydrogen) atoms. The molecule has 2 heterocycles. The molecule has 2 aliphatic rings. The second-order valence-corrected chi connectivity index (χ2v) is 8.12. The molecule has 3 heteroatoms. The zero-order chi connectivity index (χ0) is 17.1. The molecule has 0 radical (unpaired) electrons. The van der Waals surface area contributed by atoms with Crippen molar-refractivity contribution < 1.29 is 9.47 Å².